The second-order valence-electron chi connectivity index (χ2n) is 6.24. The quantitative estimate of drug-likeness (QED) is 0.733. The van der Waals surface area contributed by atoms with Crippen molar-refractivity contribution < 1.29 is 0 Å². The molecule has 0 spiro atoms. The molecule has 2 rings (SSSR count). The Labute approximate surface area is 133 Å². The van der Waals surface area contributed by atoms with Gasteiger partial charge in [0, 0.05) is 0 Å². The zero-order valence-electron chi connectivity index (χ0n) is 13.0. The maximum atomic E-state index is 5.58. The lowest BCUT2D eigenvalue weighted by Crippen LogP contribution is -2.52. The number of hydrogen-bond acceptors (Lipinski definition) is 2. The van der Waals surface area contributed by atoms with Crippen molar-refractivity contribution in [1.29, 1.82) is 0 Å². The fourth-order valence-electron chi connectivity index (χ4n) is 3.12. The van der Waals surface area contributed by atoms with E-state index in [9.17, 15) is 0 Å². The minimum Gasteiger partial charge on any atom is -0.337 e. The van der Waals surface area contributed by atoms with Crippen molar-refractivity contribution in [2.24, 2.45) is 0 Å². The molecule has 2 saturated heterocycles. The number of nitrogens with one attached hydrogen (secondary N) is 2. The molecule has 6 heteroatoms. The van der Waals surface area contributed by atoms with Crippen LogP contribution >= 0.6 is 24.4 Å². The van der Waals surface area contributed by atoms with Crippen molar-refractivity contribution in [2.75, 3.05) is 0 Å². The molecule has 0 amide bonds. The lowest BCUT2D eigenvalue weighted by Gasteiger charge is -2.37. The molecule has 0 aromatic heterocycles. The molecular weight excluding hydrogens is 288 g/mol. The third-order valence-electron chi connectivity index (χ3n) is 4.31. The Hall–Kier alpha value is -0.620. The Bertz CT molecular complexity index is 376. The van der Waals surface area contributed by atoms with Crippen molar-refractivity contribution >= 4 is 34.7 Å². The Kier molecular flexibility index (Phi) is 4.44. The van der Waals surface area contributed by atoms with Gasteiger partial charge in [0.1, 0.15) is 11.3 Å². The first kappa shape index (κ1) is 15.8. The van der Waals surface area contributed by atoms with Gasteiger partial charge in [-0.25, -0.2) is 10.0 Å². The first-order valence-corrected chi connectivity index (χ1v) is 8.44. The lowest BCUT2D eigenvalue weighted by molar-refractivity contribution is 0.00621. The number of hydrogen-bond donors (Lipinski definition) is 2. The van der Waals surface area contributed by atoms with Gasteiger partial charge in [0.2, 0.25) is 0 Å². The monoisotopic (exact) mass is 314 g/mol. The van der Waals surface area contributed by atoms with Crippen LogP contribution in [0.3, 0.4) is 0 Å². The fraction of sp³-hybridized carbons (Fsp3) is 0.857. The van der Waals surface area contributed by atoms with Crippen molar-refractivity contribution in [2.45, 2.75) is 77.5 Å². The zero-order valence-corrected chi connectivity index (χ0v) is 14.6. The Morgan fingerprint density at radius 3 is 1.50 bits per heavy atom. The van der Waals surface area contributed by atoms with Crippen LogP contribution in [0.1, 0.15) is 66.2 Å². The summed E-state index contributed by atoms with van der Waals surface area (Å²) < 4.78 is 0. The number of unbranched alkanes of at least 4 members (excludes halogenated alkanes) is 2. The molecule has 2 aliphatic heterocycles. The van der Waals surface area contributed by atoms with E-state index in [1.165, 1.54) is 12.8 Å². The molecule has 4 nitrogen and oxygen atoms in total. The molecule has 0 saturated carbocycles. The molecule has 0 radical (unpaired) electrons. The van der Waals surface area contributed by atoms with Crippen molar-refractivity contribution in [3.05, 3.63) is 0 Å². The molecule has 0 aliphatic carbocycles. The Morgan fingerprint density at radius 1 is 0.850 bits per heavy atom. The summed E-state index contributed by atoms with van der Waals surface area (Å²) in [6, 6.07) is 0. The lowest BCUT2D eigenvalue weighted by atomic mass is 10.1. The zero-order chi connectivity index (χ0) is 15.0. The number of rotatable bonds is 6. The highest BCUT2D eigenvalue weighted by atomic mass is 32.1. The maximum Gasteiger partial charge on any atom is 0.192 e. The molecule has 2 heterocycles. The minimum atomic E-state index is -0.193. The normalized spacial score (nSPS) is 32.4. The number of nitrogens with zero attached hydrogens (tertiary/aromatic N) is 2. The van der Waals surface area contributed by atoms with Crippen LogP contribution in [0, 0.1) is 0 Å². The van der Waals surface area contributed by atoms with E-state index >= 15 is 0 Å². The van der Waals surface area contributed by atoms with Crippen LogP contribution < -0.4 is 10.6 Å². The average molecular weight is 315 g/mol. The minimum absolute atomic E-state index is 0.193. The van der Waals surface area contributed by atoms with E-state index in [2.05, 4.69) is 48.3 Å². The third kappa shape index (κ3) is 2.48. The molecule has 2 aliphatic rings. The smallest absolute Gasteiger partial charge is 0.192 e. The summed E-state index contributed by atoms with van der Waals surface area (Å²) in [6.07, 6.45) is 6.73. The summed E-state index contributed by atoms with van der Waals surface area (Å²) in [5.74, 6) is 0. The molecule has 2 atom stereocenters. The van der Waals surface area contributed by atoms with Gasteiger partial charge >= 0.3 is 0 Å². The van der Waals surface area contributed by atoms with Crippen molar-refractivity contribution in [3.8, 4) is 0 Å². The molecule has 2 N–H and O–H groups in total. The molecule has 0 aromatic carbocycles. The van der Waals surface area contributed by atoms with E-state index < -0.39 is 0 Å². The van der Waals surface area contributed by atoms with E-state index in [4.69, 9.17) is 24.4 Å². The second-order valence-corrected chi connectivity index (χ2v) is 7.01. The van der Waals surface area contributed by atoms with Gasteiger partial charge in [0.05, 0.1) is 0 Å². The van der Waals surface area contributed by atoms with Crippen LogP contribution in [0.5, 0.6) is 0 Å². The average Bonchev–Trinajstić information content (AvgIpc) is 2.81. The van der Waals surface area contributed by atoms with Gasteiger partial charge in [-0.2, -0.15) is 0 Å². The topological polar surface area (TPSA) is 30.5 Å². The van der Waals surface area contributed by atoms with E-state index in [1.807, 2.05) is 0 Å². The summed E-state index contributed by atoms with van der Waals surface area (Å²) in [6.45, 7) is 8.80. The summed E-state index contributed by atoms with van der Waals surface area (Å²) >= 11 is 11.2. The van der Waals surface area contributed by atoms with E-state index in [1.54, 1.807) is 0 Å². The van der Waals surface area contributed by atoms with Gasteiger partial charge in [-0.05, 0) is 64.0 Å². The SMILES string of the molecule is CCCC[C@@]1(C)NC(=S)N2N1C(=S)N[C@@]2(C)CCCC. The summed E-state index contributed by atoms with van der Waals surface area (Å²) in [4.78, 5) is 0. The van der Waals surface area contributed by atoms with Gasteiger partial charge in [0.25, 0.3) is 0 Å². The first-order valence-electron chi connectivity index (χ1n) is 7.62. The van der Waals surface area contributed by atoms with E-state index in [0.717, 1.165) is 35.9 Å². The van der Waals surface area contributed by atoms with E-state index in [0.29, 0.717) is 0 Å². The van der Waals surface area contributed by atoms with Crippen LogP contribution in [0.2, 0.25) is 0 Å². The van der Waals surface area contributed by atoms with Crippen LogP contribution in [0.15, 0.2) is 0 Å². The number of hydrazine groups is 1. The van der Waals surface area contributed by atoms with Gasteiger partial charge in [-0.1, -0.05) is 26.7 Å². The predicted octanol–water partition coefficient (Wildman–Crippen LogP) is 3.09. The summed E-state index contributed by atoms with van der Waals surface area (Å²) in [5.41, 5.74) is -0.387. The van der Waals surface area contributed by atoms with Crippen LogP contribution in [-0.4, -0.2) is 31.6 Å². The third-order valence-corrected chi connectivity index (χ3v) is 4.86. The summed E-state index contributed by atoms with van der Waals surface area (Å²) in [7, 11) is 0. The molecule has 2 fully saturated rings. The second kappa shape index (κ2) is 5.64. The Morgan fingerprint density at radius 2 is 1.20 bits per heavy atom. The predicted molar refractivity (Wildman–Crippen MR) is 91.0 cm³/mol. The Balaban J connectivity index is 2.25. The molecule has 114 valence electrons. The van der Waals surface area contributed by atoms with Crippen molar-refractivity contribution in [1.82, 2.24) is 20.7 Å². The van der Waals surface area contributed by atoms with Gasteiger partial charge in [-0.15, -0.1) is 0 Å². The standard InChI is InChI=1S/C14H26N4S2/c1-5-7-9-13(3)15-11(19)18-14(4,10-8-6-2)16-12(20)17(13)18/h5-10H2,1-4H3,(H,15,19)(H,16,20)/t13-,14+. The highest BCUT2D eigenvalue weighted by molar-refractivity contribution is 7.80. The highest BCUT2D eigenvalue weighted by Gasteiger charge is 2.56. The molecule has 0 unspecified atom stereocenters. The van der Waals surface area contributed by atoms with Gasteiger partial charge < -0.3 is 10.6 Å². The number of thiocarbonyl (C=S) groups is 2. The van der Waals surface area contributed by atoms with E-state index in [-0.39, 0.29) is 11.3 Å². The van der Waals surface area contributed by atoms with Crippen LogP contribution in [-0.2, 0) is 0 Å². The first-order chi connectivity index (χ1) is 9.38. The summed E-state index contributed by atoms with van der Waals surface area (Å²) in [5, 5.41) is 12.9. The highest BCUT2D eigenvalue weighted by Crippen LogP contribution is 2.38. The fourth-order valence-corrected chi connectivity index (χ4v) is 4.13. The van der Waals surface area contributed by atoms with Crippen molar-refractivity contribution in [3.63, 3.8) is 0 Å². The molecule has 0 bridgehead atoms. The van der Waals surface area contributed by atoms with Gasteiger partial charge in [-0.3, -0.25) is 0 Å². The largest absolute Gasteiger partial charge is 0.337 e. The molecular formula is C14H26N4S2. The van der Waals surface area contributed by atoms with Gasteiger partial charge in [0.15, 0.2) is 10.2 Å². The molecule has 0 aromatic rings. The molecule has 20 heavy (non-hydrogen) atoms. The maximum absolute atomic E-state index is 5.58. The van der Waals surface area contributed by atoms with Crippen LogP contribution in [0.25, 0.3) is 0 Å². The van der Waals surface area contributed by atoms with Crippen LogP contribution in [0.4, 0.5) is 0 Å². The number of fused-ring (bicyclic) bond motifs is 1.